The van der Waals surface area contributed by atoms with E-state index in [9.17, 15) is 19.8 Å². The summed E-state index contributed by atoms with van der Waals surface area (Å²) in [7, 11) is 3.77. The van der Waals surface area contributed by atoms with E-state index in [1.54, 1.807) is 18.2 Å². The van der Waals surface area contributed by atoms with E-state index in [1.807, 2.05) is 49.3 Å². The SMILES string of the molecule is CN(C)CCN1C(=O)C(O)=C(C(=O)/C=C/c2ccccc2)C1c1ccc(O)cc1. The van der Waals surface area contributed by atoms with Crippen LogP contribution in [0.25, 0.3) is 6.08 Å². The molecule has 1 aliphatic rings. The summed E-state index contributed by atoms with van der Waals surface area (Å²) in [6.07, 6.45) is 3.03. The van der Waals surface area contributed by atoms with Gasteiger partial charge in [-0.15, -0.1) is 0 Å². The highest BCUT2D eigenvalue weighted by Crippen LogP contribution is 2.38. The molecule has 0 aliphatic carbocycles. The van der Waals surface area contributed by atoms with E-state index < -0.39 is 23.5 Å². The van der Waals surface area contributed by atoms with Crippen molar-refractivity contribution in [3.05, 3.63) is 83.1 Å². The maximum atomic E-state index is 13.0. The van der Waals surface area contributed by atoms with Crippen LogP contribution < -0.4 is 0 Å². The van der Waals surface area contributed by atoms with E-state index in [-0.39, 0.29) is 11.3 Å². The molecule has 6 nitrogen and oxygen atoms in total. The number of aliphatic hydroxyl groups is 1. The summed E-state index contributed by atoms with van der Waals surface area (Å²) in [5, 5.41) is 20.1. The number of nitrogens with zero attached hydrogens (tertiary/aromatic N) is 2. The van der Waals surface area contributed by atoms with Crippen LogP contribution in [0.1, 0.15) is 17.2 Å². The van der Waals surface area contributed by atoms with E-state index in [4.69, 9.17) is 0 Å². The molecule has 1 aliphatic heterocycles. The van der Waals surface area contributed by atoms with Crippen LogP contribution in [-0.4, -0.2) is 58.9 Å². The first kappa shape index (κ1) is 20.4. The Labute approximate surface area is 170 Å². The lowest BCUT2D eigenvalue weighted by molar-refractivity contribution is -0.129. The van der Waals surface area contributed by atoms with Crippen LogP contribution in [0, 0.1) is 0 Å². The fourth-order valence-corrected chi connectivity index (χ4v) is 3.27. The van der Waals surface area contributed by atoms with Crippen LogP contribution in [0.5, 0.6) is 5.75 Å². The number of carbonyl (C=O) groups excluding carboxylic acids is 2. The number of likely N-dealkylation sites (N-methyl/N-ethyl adjacent to an activating group) is 1. The molecule has 1 unspecified atom stereocenters. The number of allylic oxidation sites excluding steroid dienone is 1. The molecular formula is C23H24N2O4. The van der Waals surface area contributed by atoms with E-state index in [0.29, 0.717) is 18.7 Å². The number of aliphatic hydroxyl groups excluding tert-OH is 1. The van der Waals surface area contributed by atoms with Gasteiger partial charge in [-0.3, -0.25) is 9.59 Å². The molecule has 2 aromatic carbocycles. The molecule has 2 aromatic rings. The molecule has 2 N–H and O–H groups in total. The van der Waals surface area contributed by atoms with Crippen LogP contribution in [0.2, 0.25) is 0 Å². The van der Waals surface area contributed by atoms with E-state index in [0.717, 1.165) is 5.56 Å². The van der Waals surface area contributed by atoms with Crippen molar-refractivity contribution in [1.29, 1.82) is 0 Å². The first-order valence-electron chi connectivity index (χ1n) is 9.33. The summed E-state index contributed by atoms with van der Waals surface area (Å²) in [6, 6.07) is 14.9. The summed E-state index contributed by atoms with van der Waals surface area (Å²) >= 11 is 0. The zero-order chi connectivity index (χ0) is 21.0. The highest BCUT2D eigenvalue weighted by atomic mass is 16.3. The summed E-state index contributed by atoms with van der Waals surface area (Å²) in [5.74, 6) is -1.43. The van der Waals surface area contributed by atoms with Gasteiger partial charge in [-0.05, 0) is 43.4 Å². The minimum atomic E-state index is -0.712. The van der Waals surface area contributed by atoms with Gasteiger partial charge in [0.05, 0.1) is 11.6 Å². The number of amides is 1. The molecule has 6 heteroatoms. The first-order chi connectivity index (χ1) is 13.9. The predicted molar refractivity (Wildman–Crippen MR) is 111 cm³/mol. The third kappa shape index (κ3) is 4.55. The molecule has 1 atom stereocenters. The summed E-state index contributed by atoms with van der Waals surface area (Å²) in [6.45, 7) is 0.926. The lowest BCUT2D eigenvalue weighted by Gasteiger charge is -2.27. The Morgan fingerprint density at radius 3 is 2.34 bits per heavy atom. The van der Waals surface area contributed by atoms with E-state index >= 15 is 0 Å². The minimum Gasteiger partial charge on any atom is -0.508 e. The number of hydrogen-bond donors (Lipinski definition) is 2. The van der Waals surface area contributed by atoms with Crippen molar-refractivity contribution in [3.63, 3.8) is 0 Å². The Morgan fingerprint density at radius 2 is 1.72 bits per heavy atom. The van der Waals surface area contributed by atoms with E-state index in [1.165, 1.54) is 23.1 Å². The lowest BCUT2D eigenvalue weighted by Crippen LogP contribution is -2.36. The maximum Gasteiger partial charge on any atom is 0.290 e. The highest BCUT2D eigenvalue weighted by molar-refractivity contribution is 6.14. The van der Waals surface area contributed by atoms with Crippen LogP contribution in [-0.2, 0) is 9.59 Å². The molecule has 0 fully saturated rings. The standard InChI is InChI=1S/C23H24N2O4/c1-24(2)14-15-25-21(17-9-11-18(26)12-10-17)20(22(28)23(25)29)19(27)13-8-16-6-4-3-5-7-16/h3-13,21,26,28H,14-15H2,1-2H3/b13-8+. The average Bonchev–Trinajstić information content (AvgIpc) is 2.96. The number of ketones is 1. The minimum absolute atomic E-state index is 0.0478. The van der Waals surface area contributed by atoms with Gasteiger partial charge in [0.2, 0.25) is 0 Å². The van der Waals surface area contributed by atoms with Gasteiger partial charge in [-0.2, -0.15) is 0 Å². The number of phenolic OH excluding ortho intramolecular Hbond substituents is 1. The fraction of sp³-hybridized carbons (Fsp3) is 0.217. The second-order valence-corrected chi connectivity index (χ2v) is 7.17. The smallest absolute Gasteiger partial charge is 0.290 e. The van der Waals surface area contributed by atoms with Gasteiger partial charge in [0.15, 0.2) is 11.5 Å². The van der Waals surface area contributed by atoms with Gasteiger partial charge in [0.25, 0.3) is 5.91 Å². The Bertz CT molecular complexity index is 947. The fourth-order valence-electron chi connectivity index (χ4n) is 3.27. The average molecular weight is 392 g/mol. The number of rotatable bonds is 7. The van der Waals surface area contributed by atoms with Crippen LogP contribution in [0.4, 0.5) is 0 Å². The van der Waals surface area contributed by atoms with Crippen LogP contribution >= 0.6 is 0 Å². The predicted octanol–water partition coefficient (Wildman–Crippen LogP) is 2.93. The molecule has 29 heavy (non-hydrogen) atoms. The second kappa shape index (κ2) is 8.75. The van der Waals surface area contributed by atoms with Crippen molar-refractivity contribution in [3.8, 4) is 5.75 Å². The summed E-state index contributed by atoms with van der Waals surface area (Å²) < 4.78 is 0. The van der Waals surface area contributed by atoms with Crippen LogP contribution in [0.3, 0.4) is 0 Å². The molecule has 1 heterocycles. The van der Waals surface area contributed by atoms with Crippen molar-refractivity contribution >= 4 is 17.8 Å². The molecular weight excluding hydrogens is 368 g/mol. The van der Waals surface area contributed by atoms with Crippen molar-refractivity contribution in [2.75, 3.05) is 27.2 Å². The number of carbonyl (C=O) groups is 2. The number of benzene rings is 2. The van der Waals surface area contributed by atoms with Gasteiger partial charge in [0, 0.05) is 13.1 Å². The third-order valence-corrected chi connectivity index (χ3v) is 4.79. The molecule has 0 saturated carbocycles. The quantitative estimate of drug-likeness (QED) is 0.708. The van der Waals surface area contributed by atoms with Gasteiger partial charge in [-0.1, -0.05) is 48.5 Å². The summed E-state index contributed by atoms with van der Waals surface area (Å²) in [5.41, 5.74) is 1.54. The Balaban J connectivity index is 1.97. The summed E-state index contributed by atoms with van der Waals surface area (Å²) in [4.78, 5) is 29.1. The Hall–Kier alpha value is -3.38. The topological polar surface area (TPSA) is 81.1 Å². The number of phenols is 1. The van der Waals surface area contributed by atoms with Gasteiger partial charge >= 0.3 is 0 Å². The van der Waals surface area contributed by atoms with Crippen LogP contribution in [0.15, 0.2) is 72.0 Å². The molecule has 1 amide bonds. The highest BCUT2D eigenvalue weighted by Gasteiger charge is 2.42. The largest absolute Gasteiger partial charge is 0.508 e. The van der Waals surface area contributed by atoms with Crippen molar-refractivity contribution in [2.45, 2.75) is 6.04 Å². The number of aromatic hydroxyl groups is 1. The molecule has 0 bridgehead atoms. The van der Waals surface area contributed by atoms with Gasteiger partial charge in [-0.25, -0.2) is 0 Å². The maximum absolute atomic E-state index is 13.0. The second-order valence-electron chi connectivity index (χ2n) is 7.17. The van der Waals surface area contributed by atoms with Crippen molar-refractivity contribution in [2.24, 2.45) is 0 Å². The molecule has 0 radical (unpaired) electrons. The normalized spacial score (nSPS) is 17.0. The van der Waals surface area contributed by atoms with Gasteiger partial charge in [0.1, 0.15) is 5.75 Å². The lowest BCUT2D eigenvalue weighted by atomic mass is 9.95. The van der Waals surface area contributed by atoms with Crippen molar-refractivity contribution < 1.29 is 19.8 Å². The molecule has 0 saturated heterocycles. The molecule has 0 spiro atoms. The molecule has 150 valence electrons. The van der Waals surface area contributed by atoms with E-state index in [2.05, 4.69) is 0 Å². The zero-order valence-corrected chi connectivity index (χ0v) is 16.4. The third-order valence-electron chi connectivity index (χ3n) is 4.79. The molecule has 0 aromatic heterocycles. The monoisotopic (exact) mass is 392 g/mol. The first-order valence-corrected chi connectivity index (χ1v) is 9.33. The van der Waals surface area contributed by atoms with Gasteiger partial charge < -0.3 is 20.0 Å². The Kier molecular flexibility index (Phi) is 6.14. The Morgan fingerprint density at radius 1 is 1.07 bits per heavy atom. The number of hydrogen-bond acceptors (Lipinski definition) is 5. The zero-order valence-electron chi connectivity index (χ0n) is 16.4. The molecule has 3 rings (SSSR count). The van der Waals surface area contributed by atoms with Crippen molar-refractivity contribution in [1.82, 2.24) is 9.80 Å².